The zero-order chi connectivity index (χ0) is 16.6. The standard InChI is InChI=1S/C16H12F2N2O3/c17-16(18)14(12-6-8-13(9-7-12)20(22)23)19(15(16)21)10-11-4-2-1-3-5-11/h1-9,14H,10H2. The van der Waals surface area contributed by atoms with Crippen molar-refractivity contribution in [2.24, 2.45) is 0 Å². The Bertz CT molecular complexity index is 748. The molecule has 118 valence electrons. The fourth-order valence-electron chi connectivity index (χ4n) is 2.67. The molecule has 0 saturated carbocycles. The van der Waals surface area contributed by atoms with Gasteiger partial charge in [-0.3, -0.25) is 14.9 Å². The average Bonchev–Trinajstić information content (AvgIpc) is 2.55. The largest absolute Gasteiger partial charge is 0.348 e. The van der Waals surface area contributed by atoms with Crippen LogP contribution in [0.1, 0.15) is 17.2 Å². The van der Waals surface area contributed by atoms with Crippen molar-refractivity contribution in [3.63, 3.8) is 0 Å². The number of alkyl halides is 2. The predicted octanol–water partition coefficient (Wildman–Crippen LogP) is 3.31. The summed E-state index contributed by atoms with van der Waals surface area (Å²) in [6.45, 7) is 0.0664. The lowest BCUT2D eigenvalue weighted by molar-refractivity contribution is -0.384. The molecule has 0 aromatic heterocycles. The van der Waals surface area contributed by atoms with E-state index < -0.39 is 22.8 Å². The van der Waals surface area contributed by atoms with Gasteiger partial charge in [0.1, 0.15) is 6.04 Å². The normalized spacial score (nSPS) is 19.3. The minimum Gasteiger partial charge on any atom is -0.319 e. The van der Waals surface area contributed by atoms with Crippen molar-refractivity contribution < 1.29 is 18.5 Å². The number of carbonyl (C=O) groups excluding carboxylic acids is 1. The molecule has 1 fully saturated rings. The summed E-state index contributed by atoms with van der Waals surface area (Å²) in [6, 6.07) is 12.3. The number of hydrogen-bond donors (Lipinski definition) is 0. The van der Waals surface area contributed by atoms with Crippen molar-refractivity contribution in [2.75, 3.05) is 0 Å². The van der Waals surface area contributed by atoms with Crippen molar-refractivity contribution in [2.45, 2.75) is 18.5 Å². The Morgan fingerprint density at radius 3 is 2.26 bits per heavy atom. The van der Waals surface area contributed by atoms with Crippen LogP contribution >= 0.6 is 0 Å². The quantitative estimate of drug-likeness (QED) is 0.493. The highest BCUT2D eigenvalue weighted by atomic mass is 19.3. The van der Waals surface area contributed by atoms with Gasteiger partial charge in [-0.05, 0) is 23.3 Å². The molecule has 1 aliphatic rings. The van der Waals surface area contributed by atoms with Gasteiger partial charge in [-0.1, -0.05) is 30.3 Å². The first-order valence-corrected chi connectivity index (χ1v) is 6.88. The fraction of sp³-hybridized carbons (Fsp3) is 0.188. The molecule has 0 bridgehead atoms. The van der Waals surface area contributed by atoms with Gasteiger partial charge in [0.05, 0.1) is 4.92 Å². The molecule has 1 aliphatic heterocycles. The molecule has 2 aromatic rings. The summed E-state index contributed by atoms with van der Waals surface area (Å²) >= 11 is 0. The molecule has 0 aliphatic carbocycles. The highest BCUT2D eigenvalue weighted by molar-refractivity contribution is 5.91. The highest BCUT2D eigenvalue weighted by Crippen LogP contribution is 2.48. The summed E-state index contributed by atoms with van der Waals surface area (Å²) in [7, 11) is 0. The molecule has 3 rings (SSSR count). The van der Waals surface area contributed by atoms with E-state index in [1.54, 1.807) is 30.3 Å². The van der Waals surface area contributed by atoms with Crippen LogP contribution in [0.25, 0.3) is 0 Å². The van der Waals surface area contributed by atoms with Gasteiger partial charge in [-0.15, -0.1) is 0 Å². The SMILES string of the molecule is O=C1N(Cc2ccccc2)C(c2ccc([N+](=O)[O-])cc2)C1(F)F. The summed E-state index contributed by atoms with van der Waals surface area (Å²) in [5, 5.41) is 10.6. The van der Waals surface area contributed by atoms with E-state index in [9.17, 15) is 23.7 Å². The molecule has 7 heteroatoms. The van der Waals surface area contributed by atoms with E-state index in [2.05, 4.69) is 0 Å². The Kier molecular flexibility index (Phi) is 3.55. The number of hydrogen-bond acceptors (Lipinski definition) is 3. The lowest BCUT2D eigenvalue weighted by Gasteiger charge is -2.46. The lowest BCUT2D eigenvalue weighted by Crippen LogP contribution is -2.63. The second kappa shape index (κ2) is 5.42. The Morgan fingerprint density at radius 2 is 1.70 bits per heavy atom. The van der Waals surface area contributed by atoms with E-state index in [0.29, 0.717) is 0 Å². The molecule has 1 atom stereocenters. The van der Waals surface area contributed by atoms with E-state index in [-0.39, 0.29) is 17.8 Å². The summed E-state index contributed by atoms with van der Waals surface area (Å²) in [5.41, 5.74) is 0.733. The maximum Gasteiger partial charge on any atom is 0.348 e. The number of nitrogens with zero attached hydrogens (tertiary/aromatic N) is 2. The molecule has 1 amide bonds. The first kappa shape index (κ1) is 15.1. The van der Waals surface area contributed by atoms with Crippen LogP contribution in [0.2, 0.25) is 0 Å². The van der Waals surface area contributed by atoms with Gasteiger partial charge < -0.3 is 4.90 Å². The molecule has 23 heavy (non-hydrogen) atoms. The summed E-state index contributed by atoms with van der Waals surface area (Å²) < 4.78 is 27.9. The number of β-lactam (4-membered cyclic amide) rings is 1. The molecule has 1 unspecified atom stereocenters. The third-order valence-electron chi connectivity index (χ3n) is 3.82. The predicted molar refractivity (Wildman–Crippen MR) is 77.8 cm³/mol. The van der Waals surface area contributed by atoms with Crippen molar-refractivity contribution >= 4 is 11.6 Å². The van der Waals surface area contributed by atoms with E-state index >= 15 is 0 Å². The van der Waals surface area contributed by atoms with Gasteiger partial charge in [0.15, 0.2) is 0 Å². The molecule has 0 spiro atoms. The van der Waals surface area contributed by atoms with Crippen LogP contribution in [-0.2, 0) is 11.3 Å². The second-order valence-corrected chi connectivity index (χ2v) is 5.29. The van der Waals surface area contributed by atoms with Crippen molar-refractivity contribution in [3.8, 4) is 0 Å². The maximum absolute atomic E-state index is 14.0. The smallest absolute Gasteiger partial charge is 0.319 e. The zero-order valence-corrected chi connectivity index (χ0v) is 11.9. The lowest BCUT2D eigenvalue weighted by atomic mass is 9.89. The second-order valence-electron chi connectivity index (χ2n) is 5.29. The minimum absolute atomic E-state index is 0.0664. The van der Waals surface area contributed by atoms with E-state index in [1.165, 1.54) is 12.1 Å². The zero-order valence-electron chi connectivity index (χ0n) is 11.9. The number of nitro groups is 1. The van der Waals surface area contributed by atoms with Gasteiger partial charge in [0.2, 0.25) is 0 Å². The first-order valence-electron chi connectivity index (χ1n) is 6.88. The average molecular weight is 318 g/mol. The number of likely N-dealkylation sites (tertiary alicyclic amines) is 1. The monoisotopic (exact) mass is 318 g/mol. The maximum atomic E-state index is 14.0. The third kappa shape index (κ3) is 2.54. The van der Waals surface area contributed by atoms with Gasteiger partial charge in [0, 0.05) is 18.7 Å². The molecule has 1 saturated heterocycles. The number of carbonyl (C=O) groups is 1. The first-order chi connectivity index (χ1) is 10.9. The molecular formula is C16H12F2N2O3. The Labute approximate surface area is 130 Å². The number of halogens is 2. The van der Waals surface area contributed by atoms with Crippen molar-refractivity contribution in [3.05, 3.63) is 75.8 Å². The van der Waals surface area contributed by atoms with Crippen LogP contribution in [0.4, 0.5) is 14.5 Å². The Hall–Kier alpha value is -2.83. The number of benzene rings is 2. The molecule has 0 radical (unpaired) electrons. The van der Waals surface area contributed by atoms with Crippen LogP contribution in [0.3, 0.4) is 0 Å². The van der Waals surface area contributed by atoms with E-state index in [1.807, 2.05) is 0 Å². The molecular weight excluding hydrogens is 306 g/mol. The summed E-state index contributed by atoms with van der Waals surface area (Å²) in [6.07, 6.45) is 0. The Morgan fingerprint density at radius 1 is 1.09 bits per heavy atom. The van der Waals surface area contributed by atoms with E-state index in [4.69, 9.17) is 0 Å². The molecule has 2 aromatic carbocycles. The van der Waals surface area contributed by atoms with Crippen LogP contribution in [0.5, 0.6) is 0 Å². The van der Waals surface area contributed by atoms with Crippen LogP contribution in [0.15, 0.2) is 54.6 Å². The fourth-order valence-corrected chi connectivity index (χ4v) is 2.67. The minimum atomic E-state index is -3.50. The number of non-ortho nitro benzene ring substituents is 1. The topological polar surface area (TPSA) is 63.5 Å². The van der Waals surface area contributed by atoms with Crippen molar-refractivity contribution in [1.82, 2.24) is 4.90 Å². The van der Waals surface area contributed by atoms with Crippen molar-refractivity contribution in [1.29, 1.82) is 0 Å². The molecule has 0 N–H and O–H groups in total. The van der Waals surface area contributed by atoms with Crippen LogP contribution in [-0.4, -0.2) is 21.7 Å². The third-order valence-corrected chi connectivity index (χ3v) is 3.82. The van der Waals surface area contributed by atoms with Gasteiger partial charge >= 0.3 is 5.92 Å². The van der Waals surface area contributed by atoms with Gasteiger partial charge in [0.25, 0.3) is 11.6 Å². The number of nitro benzene ring substituents is 1. The highest BCUT2D eigenvalue weighted by Gasteiger charge is 2.63. The van der Waals surface area contributed by atoms with Crippen LogP contribution < -0.4 is 0 Å². The molecule has 5 nitrogen and oxygen atoms in total. The molecule has 1 heterocycles. The summed E-state index contributed by atoms with van der Waals surface area (Å²) in [5.74, 6) is -4.73. The van der Waals surface area contributed by atoms with Crippen LogP contribution in [0, 0.1) is 10.1 Å². The number of amides is 1. The number of rotatable bonds is 4. The van der Waals surface area contributed by atoms with E-state index in [0.717, 1.165) is 22.6 Å². The van der Waals surface area contributed by atoms with Gasteiger partial charge in [-0.25, -0.2) is 0 Å². The van der Waals surface area contributed by atoms with Gasteiger partial charge in [-0.2, -0.15) is 8.78 Å². The summed E-state index contributed by atoms with van der Waals surface area (Å²) in [4.78, 5) is 22.8. The Balaban J connectivity index is 1.88.